The molecule has 0 fully saturated rings. The van der Waals surface area contributed by atoms with Gasteiger partial charge >= 0.3 is 0 Å². The number of hydrogen-bond donors (Lipinski definition) is 0. The zero-order valence-corrected chi connectivity index (χ0v) is 15.6. The van der Waals surface area contributed by atoms with Crippen LogP contribution in [0.25, 0.3) is 11.4 Å². The summed E-state index contributed by atoms with van der Waals surface area (Å²) in [6.07, 6.45) is 0. The van der Waals surface area contributed by atoms with Crippen molar-refractivity contribution in [2.75, 3.05) is 20.7 Å². The number of ether oxygens (including phenoxy) is 1. The van der Waals surface area contributed by atoms with Gasteiger partial charge in [-0.2, -0.15) is 4.80 Å². The third-order valence-corrected chi connectivity index (χ3v) is 5.55. The Morgan fingerprint density at radius 2 is 1.74 bits per heavy atom. The van der Waals surface area contributed by atoms with Crippen molar-refractivity contribution >= 4 is 10.0 Å². The van der Waals surface area contributed by atoms with Crippen LogP contribution in [-0.2, 0) is 16.6 Å². The lowest BCUT2D eigenvalue weighted by Gasteiger charge is -2.12. The second kappa shape index (κ2) is 7.80. The van der Waals surface area contributed by atoms with Crippen LogP contribution in [-0.4, -0.2) is 53.6 Å². The fourth-order valence-electron chi connectivity index (χ4n) is 2.22. The number of rotatable bonds is 7. The highest BCUT2D eigenvalue weighted by molar-refractivity contribution is 7.89. The number of halogens is 1. The summed E-state index contributed by atoms with van der Waals surface area (Å²) >= 11 is 0. The van der Waals surface area contributed by atoms with Crippen LogP contribution in [0.4, 0.5) is 4.39 Å². The van der Waals surface area contributed by atoms with Crippen LogP contribution in [0, 0.1) is 5.82 Å². The second-order valence-electron chi connectivity index (χ2n) is 5.82. The van der Waals surface area contributed by atoms with E-state index >= 15 is 0 Å². The summed E-state index contributed by atoms with van der Waals surface area (Å²) < 4.78 is 43.7. The Labute approximate surface area is 156 Å². The molecule has 0 unspecified atom stereocenters. The summed E-state index contributed by atoms with van der Waals surface area (Å²) in [6, 6.07) is 12.0. The number of aromatic nitrogens is 4. The predicted molar refractivity (Wildman–Crippen MR) is 96.0 cm³/mol. The van der Waals surface area contributed by atoms with E-state index in [1.165, 1.54) is 43.2 Å². The average Bonchev–Trinajstić information content (AvgIpc) is 3.11. The lowest BCUT2D eigenvalue weighted by Crippen LogP contribution is -2.22. The van der Waals surface area contributed by atoms with Crippen LogP contribution in [0.1, 0.15) is 0 Å². The Morgan fingerprint density at radius 3 is 2.37 bits per heavy atom. The molecule has 27 heavy (non-hydrogen) atoms. The van der Waals surface area contributed by atoms with Gasteiger partial charge in [0.2, 0.25) is 15.8 Å². The summed E-state index contributed by atoms with van der Waals surface area (Å²) in [5.74, 6) is 0.601. The smallest absolute Gasteiger partial charge is 0.242 e. The normalized spacial score (nSPS) is 11.7. The van der Waals surface area contributed by atoms with Crippen molar-refractivity contribution in [3.63, 3.8) is 0 Å². The van der Waals surface area contributed by atoms with Crippen LogP contribution in [0.15, 0.2) is 53.4 Å². The molecule has 8 nitrogen and oxygen atoms in total. The molecular weight excluding hydrogens is 373 g/mol. The van der Waals surface area contributed by atoms with Crippen molar-refractivity contribution < 1.29 is 17.5 Å². The topological polar surface area (TPSA) is 90.2 Å². The third kappa shape index (κ3) is 4.47. The molecule has 142 valence electrons. The highest BCUT2D eigenvalue weighted by Crippen LogP contribution is 2.18. The molecule has 0 N–H and O–H groups in total. The van der Waals surface area contributed by atoms with Crippen LogP contribution in [0.3, 0.4) is 0 Å². The molecule has 2 aromatic carbocycles. The molecule has 0 radical (unpaired) electrons. The van der Waals surface area contributed by atoms with Gasteiger partial charge in [0.15, 0.2) is 0 Å². The molecule has 10 heteroatoms. The van der Waals surface area contributed by atoms with E-state index in [0.717, 1.165) is 4.31 Å². The Balaban J connectivity index is 1.57. The molecule has 1 heterocycles. The van der Waals surface area contributed by atoms with E-state index in [4.69, 9.17) is 4.74 Å². The largest absolute Gasteiger partial charge is 0.492 e. The van der Waals surface area contributed by atoms with E-state index in [9.17, 15) is 12.8 Å². The van der Waals surface area contributed by atoms with Gasteiger partial charge in [0, 0.05) is 19.7 Å². The Bertz CT molecular complexity index is 1000. The van der Waals surface area contributed by atoms with Crippen molar-refractivity contribution in [3.05, 3.63) is 54.3 Å². The molecule has 0 saturated carbocycles. The van der Waals surface area contributed by atoms with Gasteiger partial charge < -0.3 is 4.74 Å². The summed E-state index contributed by atoms with van der Waals surface area (Å²) in [4.78, 5) is 1.57. The first-order valence-corrected chi connectivity index (χ1v) is 9.49. The number of sulfonamides is 1. The number of tetrazole rings is 1. The molecular formula is C17H18FN5O3S. The highest BCUT2D eigenvalue weighted by atomic mass is 32.2. The van der Waals surface area contributed by atoms with E-state index in [2.05, 4.69) is 15.4 Å². The summed E-state index contributed by atoms with van der Waals surface area (Å²) in [7, 11) is -0.507. The second-order valence-corrected chi connectivity index (χ2v) is 7.97. The number of nitrogens with zero attached hydrogens (tertiary/aromatic N) is 5. The molecule has 0 aliphatic carbocycles. The summed E-state index contributed by atoms with van der Waals surface area (Å²) in [5, 5.41) is 12.1. The maximum atomic E-state index is 13.0. The number of hydrogen-bond acceptors (Lipinski definition) is 6. The lowest BCUT2D eigenvalue weighted by molar-refractivity contribution is 0.280. The van der Waals surface area contributed by atoms with E-state index in [0.29, 0.717) is 23.7 Å². The van der Waals surface area contributed by atoms with Crippen LogP contribution < -0.4 is 4.74 Å². The minimum atomic E-state index is -3.46. The van der Waals surface area contributed by atoms with Crippen LogP contribution in [0.5, 0.6) is 5.75 Å². The predicted octanol–water partition coefficient (Wildman–Crippen LogP) is 1.81. The Morgan fingerprint density at radius 1 is 1.07 bits per heavy atom. The first-order valence-electron chi connectivity index (χ1n) is 8.05. The van der Waals surface area contributed by atoms with E-state index in [-0.39, 0.29) is 17.3 Å². The fourth-order valence-corrected chi connectivity index (χ4v) is 3.12. The minimum absolute atomic E-state index is 0.196. The molecule has 3 aromatic rings. The van der Waals surface area contributed by atoms with Gasteiger partial charge in [0.25, 0.3) is 0 Å². The van der Waals surface area contributed by atoms with E-state index < -0.39 is 10.0 Å². The first kappa shape index (κ1) is 18.9. The quantitative estimate of drug-likeness (QED) is 0.610. The maximum Gasteiger partial charge on any atom is 0.242 e. The zero-order chi connectivity index (χ0) is 19.4. The standard InChI is InChI=1S/C17H18FN5O3S/c1-22(2)27(24,25)16-9-7-15(8-10-16)26-12-11-23-20-17(19-21-23)13-3-5-14(18)6-4-13/h3-10H,11-12H2,1-2H3. The highest BCUT2D eigenvalue weighted by Gasteiger charge is 2.16. The molecule has 3 rings (SSSR count). The molecule has 0 bridgehead atoms. The monoisotopic (exact) mass is 391 g/mol. The van der Waals surface area contributed by atoms with Gasteiger partial charge in [-0.3, -0.25) is 0 Å². The average molecular weight is 391 g/mol. The molecule has 0 amide bonds. The van der Waals surface area contributed by atoms with Crippen molar-refractivity contribution in [3.8, 4) is 17.1 Å². The maximum absolute atomic E-state index is 13.0. The molecule has 0 aliphatic rings. The van der Waals surface area contributed by atoms with Gasteiger partial charge in [-0.15, -0.1) is 10.2 Å². The van der Waals surface area contributed by atoms with Crippen molar-refractivity contribution in [2.24, 2.45) is 0 Å². The van der Waals surface area contributed by atoms with Gasteiger partial charge in [0.05, 0.1) is 11.4 Å². The third-order valence-electron chi connectivity index (χ3n) is 3.72. The van der Waals surface area contributed by atoms with Gasteiger partial charge in [-0.25, -0.2) is 17.1 Å². The fraction of sp³-hybridized carbons (Fsp3) is 0.235. The Hall–Kier alpha value is -2.85. The van der Waals surface area contributed by atoms with Crippen LogP contribution >= 0.6 is 0 Å². The minimum Gasteiger partial charge on any atom is -0.492 e. The van der Waals surface area contributed by atoms with Gasteiger partial charge in [-0.05, 0) is 53.7 Å². The van der Waals surface area contributed by atoms with Crippen LogP contribution in [0.2, 0.25) is 0 Å². The van der Waals surface area contributed by atoms with Gasteiger partial charge in [0.1, 0.15) is 18.2 Å². The van der Waals surface area contributed by atoms with Gasteiger partial charge in [-0.1, -0.05) is 0 Å². The summed E-state index contributed by atoms with van der Waals surface area (Å²) in [5.41, 5.74) is 0.668. The van der Waals surface area contributed by atoms with E-state index in [1.54, 1.807) is 24.3 Å². The Kier molecular flexibility index (Phi) is 5.47. The van der Waals surface area contributed by atoms with E-state index in [1.807, 2.05) is 0 Å². The molecule has 0 spiro atoms. The van der Waals surface area contributed by atoms with Crippen molar-refractivity contribution in [1.82, 2.24) is 24.5 Å². The SMILES string of the molecule is CN(C)S(=O)(=O)c1ccc(OCCn2nnc(-c3ccc(F)cc3)n2)cc1. The number of benzene rings is 2. The first-order chi connectivity index (χ1) is 12.9. The molecule has 0 atom stereocenters. The van der Waals surface area contributed by atoms with Crippen molar-refractivity contribution in [2.45, 2.75) is 11.4 Å². The zero-order valence-electron chi connectivity index (χ0n) is 14.8. The molecule has 0 aliphatic heterocycles. The summed E-state index contributed by atoms with van der Waals surface area (Å²) in [6.45, 7) is 0.630. The lowest BCUT2D eigenvalue weighted by atomic mass is 10.2. The molecule has 0 saturated heterocycles. The molecule has 1 aromatic heterocycles. The van der Waals surface area contributed by atoms with Crippen molar-refractivity contribution in [1.29, 1.82) is 0 Å².